The van der Waals surface area contributed by atoms with Crippen molar-refractivity contribution < 1.29 is 9.90 Å². The number of imidazole rings is 1. The van der Waals surface area contributed by atoms with Gasteiger partial charge in [-0.3, -0.25) is 0 Å². The fourth-order valence-electron chi connectivity index (χ4n) is 1.79. The van der Waals surface area contributed by atoms with E-state index in [1.807, 2.05) is 17.7 Å². The molecule has 1 aromatic carbocycles. The van der Waals surface area contributed by atoms with Crippen LogP contribution < -0.4 is 5.32 Å². The summed E-state index contributed by atoms with van der Waals surface area (Å²) in [6.45, 7) is 2.76. The molecular weight excluding hydrogens is 266 g/mol. The monoisotopic (exact) mass is 279 g/mol. The second-order valence-corrected chi connectivity index (χ2v) is 4.71. The molecule has 0 amide bonds. The van der Waals surface area contributed by atoms with E-state index in [-0.39, 0.29) is 11.6 Å². The number of aromatic nitrogens is 2. The van der Waals surface area contributed by atoms with Crippen molar-refractivity contribution >= 4 is 23.3 Å². The molecule has 6 heteroatoms. The van der Waals surface area contributed by atoms with Gasteiger partial charge in [0.2, 0.25) is 0 Å². The number of aromatic carboxylic acids is 1. The summed E-state index contributed by atoms with van der Waals surface area (Å²) in [4.78, 5) is 14.8. The summed E-state index contributed by atoms with van der Waals surface area (Å²) in [5.74, 6) is -0.986. The van der Waals surface area contributed by atoms with Gasteiger partial charge in [0.05, 0.1) is 22.6 Å². The Kier molecular flexibility index (Phi) is 4.06. The maximum Gasteiger partial charge on any atom is 0.335 e. The number of nitrogens with zero attached hydrogens (tertiary/aromatic N) is 2. The summed E-state index contributed by atoms with van der Waals surface area (Å²) >= 11 is 6.05. The van der Waals surface area contributed by atoms with Crippen LogP contribution in [0.1, 0.15) is 17.3 Å². The maximum absolute atomic E-state index is 10.8. The lowest BCUT2D eigenvalue weighted by atomic mass is 10.2. The van der Waals surface area contributed by atoms with E-state index >= 15 is 0 Å². The summed E-state index contributed by atoms with van der Waals surface area (Å²) in [5, 5.41) is 12.5. The van der Waals surface area contributed by atoms with Gasteiger partial charge in [0.25, 0.3) is 0 Å². The Morgan fingerprint density at radius 3 is 2.95 bits per heavy atom. The van der Waals surface area contributed by atoms with Crippen LogP contribution in [0.2, 0.25) is 5.02 Å². The molecule has 0 aliphatic carbocycles. The zero-order valence-corrected chi connectivity index (χ0v) is 11.1. The number of rotatable bonds is 5. The predicted octanol–water partition coefficient (Wildman–Crippen LogP) is 2.74. The van der Waals surface area contributed by atoms with Gasteiger partial charge in [-0.1, -0.05) is 11.6 Å². The van der Waals surface area contributed by atoms with Crippen LogP contribution in [0.3, 0.4) is 0 Å². The van der Waals surface area contributed by atoms with E-state index in [1.54, 1.807) is 18.6 Å². The summed E-state index contributed by atoms with van der Waals surface area (Å²) in [6.07, 6.45) is 5.35. The highest BCUT2D eigenvalue weighted by Gasteiger charge is 2.09. The van der Waals surface area contributed by atoms with Crippen LogP contribution in [0.25, 0.3) is 0 Å². The number of benzene rings is 1. The Bertz CT molecular complexity index is 569. The maximum atomic E-state index is 10.8. The van der Waals surface area contributed by atoms with Crippen LogP contribution in [0.4, 0.5) is 5.69 Å². The minimum Gasteiger partial charge on any atom is -0.478 e. The zero-order valence-electron chi connectivity index (χ0n) is 10.4. The Labute approximate surface area is 115 Å². The second kappa shape index (κ2) is 5.75. The van der Waals surface area contributed by atoms with Gasteiger partial charge in [-0.15, -0.1) is 0 Å². The van der Waals surface area contributed by atoms with E-state index in [0.29, 0.717) is 5.02 Å². The second-order valence-electron chi connectivity index (χ2n) is 4.30. The minimum atomic E-state index is -0.986. The molecule has 19 heavy (non-hydrogen) atoms. The van der Waals surface area contributed by atoms with E-state index in [1.165, 1.54) is 12.1 Å². The van der Waals surface area contributed by atoms with E-state index in [2.05, 4.69) is 10.3 Å². The third kappa shape index (κ3) is 3.48. The molecule has 1 unspecified atom stereocenters. The Hall–Kier alpha value is -2.01. The highest BCUT2D eigenvalue weighted by atomic mass is 35.5. The van der Waals surface area contributed by atoms with Gasteiger partial charge in [-0.2, -0.15) is 0 Å². The van der Waals surface area contributed by atoms with Crippen molar-refractivity contribution in [3.05, 3.63) is 47.5 Å². The molecule has 0 saturated heterocycles. The Balaban J connectivity index is 2.04. The number of carboxylic acid groups (broad SMARTS) is 1. The van der Waals surface area contributed by atoms with Crippen molar-refractivity contribution in [2.75, 3.05) is 5.32 Å². The summed E-state index contributed by atoms with van der Waals surface area (Å²) in [7, 11) is 0. The lowest BCUT2D eigenvalue weighted by Crippen LogP contribution is -2.21. The Morgan fingerprint density at radius 2 is 2.37 bits per heavy atom. The smallest absolute Gasteiger partial charge is 0.335 e. The van der Waals surface area contributed by atoms with Crippen molar-refractivity contribution in [3.63, 3.8) is 0 Å². The predicted molar refractivity (Wildman–Crippen MR) is 73.7 cm³/mol. The molecule has 0 saturated carbocycles. The number of anilines is 1. The highest BCUT2D eigenvalue weighted by Crippen LogP contribution is 2.24. The molecular formula is C13H14ClN3O2. The highest BCUT2D eigenvalue weighted by molar-refractivity contribution is 6.33. The first-order chi connectivity index (χ1) is 9.06. The van der Waals surface area contributed by atoms with Gasteiger partial charge in [0.15, 0.2) is 0 Å². The molecule has 5 nitrogen and oxygen atoms in total. The lowest BCUT2D eigenvalue weighted by molar-refractivity contribution is 0.0697. The summed E-state index contributed by atoms with van der Waals surface area (Å²) in [5.41, 5.74) is 0.900. The van der Waals surface area contributed by atoms with Crippen molar-refractivity contribution in [1.82, 2.24) is 9.55 Å². The average Bonchev–Trinajstić information content (AvgIpc) is 2.84. The Morgan fingerprint density at radius 1 is 1.58 bits per heavy atom. The first kappa shape index (κ1) is 13.4. The van der Waals surface area contributed by atoms with E-state index in [4.69, 9.17) is 16.7 Å². The zero-order chi connectivity index (χ0) is 13.8. The van der Waals surface area contributed by atoms with Crippen LogP contribution in [-0.2, 0) is 6.54 Å². The number of hydrogen-bond donors (Lipinski definition) is 2. The molecule has 0 bridgehead atoms. The molecule has 2 rings (SSSR count). The van der Waals surface area contributed by atoms with Gasteiger partial charge in [0.1, 0.15) is 0 Å². The van der Waals surface area contributed by atoms with E-state index < -0.39 is 5.97 Å². The molecule has 1 atom stereocenters. The van der Waals surface area contributed by atoms with Crippen LogP contribution in [0, 0.1) is 0 Å². The number of carbonyl (C=O) groups is 1. The van der Waals surface area contributed by atoms with Crippen LogP contribution in [0.15, 0.2) is 36.9 Å². The molecule has 1 aromatic heterocycles. The molecule has 0 aliphatic rings. The van der Waals surface area contributed by atoms with Gasteiger partial charge in [-0.25, -0.2) is 9.78 Å². The first-order valence-electron chi connectivity index (χ1n) is 5.81. The number of halogens is 1. The molecule has 0 spiro atoms. The van der Waals surface area contributed by atoms with E-state index in [9.17, 15) is 4.79 Å². The van der Waals surface area contributed by atoms with Crippen molar-refractivity contribution in [3.8, 4) is 0 Å². The largest absolute Gasteiger partial charge is 0.478 e. The van der Waals surface area contributed by atoms with Gasteiger partial charge < -0.3 is 15.0 Å². The molecule has 2 N–H and O–H groups in total. The molecule has 0 aliphatic heterocycles. The quantitative estimate of drug-likeness (QED) is 0.883. The first-order valence-corrected chi connectivity index (χ1v) is 6.19. The third-order valence-corrected chi connectivity index (χ3v) is 2.97. The average molecular weight is 280 g/mol. The van der Waals surface area contributed by atoms with Crippen LogP contribution in [0.5, 0.6) is 0 Å². The summed E-state index contributed by atoms with van der Waals surface area (Å²) < 4.78 is 1.96. The molecule has 2 aromatic rings. The SMILES string of the molecule is CC(Cn1ccnc1)Nc1ccc(C(=O)O)cc1Cl. The van der Waals surface area contributed by atoms with Crippen molar-refractivity contribution in [2.24, 2.45) is 0 Å². The van der Waals surface area contributed by atoms with Crippen molar-refractivity contribution in [2.45, 2.75) is 19.5 Å². The van der Waals surface area contributed by atoms with Gasteiger partial charge in [-0.05, 0) is 25.1 Å². The molecule has 0 fully saturated rings. The van der Waals surface area contributed by atoms with Crippen LogP contribution >= 0.6 is 11.6 Å². The number of nitrogens with one attached hydrogen (secondary N) is 1. The number of carboxylic acids is 1. The minimum absolute atomic E-state index is 0.141. The summed E-state index contributed by atoms with van der Waals surface area (Å²) in [6, 6.07) is 4.79. The fraction of sp³-hybridized carbons (Fsp3) is 0.231. The molecule has 1 heterocycles. The van der Waals surface area contributed by atoms with E-state index in [0.717, 1.165) is 12.2 Å². The molecule has 100 valence electrons. The van der Waals surface area contributed by atoms with Gasteiger partial charge >= 0.3 is 5.97 Å². The third-order valence-electron chi connectivity index (χ3n) is 2.66. The topological polar surface area (TPSA) is 67.2 Å². The van der Waals surface area contributed by atoms with Crippen molar-refractivity contribution in [1.29, 1.82) is 0 Å². The lowest BCUT2D eigenvalue weighted by Gasteiger charge is -2.17. The molecule has 0 radical (unpaired) electrons. The fourth-order valence-corrected chi connectivity index (χ4v) is 2.02. The van der Waals surface area contributed by atoms with Crippen LogP contribution in [-0.4, -0.2) is 26.7 Å². The normalized spacial score (nSPS) is 12.1. The number of hydrogen-bond acceptors (Lipinski definition) is 3. The van der Waals surface area contributed by atoms with Gasteiger partial charge in [0, 0.05) is 25.0 Å². The standard InChI is InChI=1S/C13H14ClN3O2/c1-9(7-17-5-4-15-8-17)16-12-3-2-10(13(18)19)6-11(12)14/h2-6,8-9,16H,7H2,1H3,(H,18,19).